The number of hydrogen-bond donors (Lipinski definition) is 0. The van der Waals surface area contributed by atoms with Gasteiger partial charge in [-0.3, -0.25) is 0 Å². The van der Waals surface area contributed by atoms with Gasteiger partial charge in [-0.2, -0.15) is 4.31 Å². The SMILES string of the molecule is COC(=O)c1ccc(S(=O)(=O)N(C)C2CCCc3ccccc32)cc1. The number of carbonyl (C=O) groups is 1. The number of aryl methyl sites for hydroxylation is 1. The fourth-order valence-electron chi connectivity index (χ4n) is 3.32. The Bertz CT molecular complexity index is 875. The molecule has 0 saturated carbocycles. The van der Waals surface area contributed by atoms with Crippen molar-refractivity contribution in [2.45, 2.75) is 30.2 Å². The fourth-order valence-corrected chi connectivity index (χ4v) is 4.69. The van der Waals surface area contributed by atoms with Crippen LogP contribution in [0.25, 0.3) is 0 Å². The van der Waals surface area contributed by atoms with Crippen molar-refractivity contribution in [3.8, 4) is 0 Å². The minimum Gasteiger partial charge on any atom is -0.465 e. The predicted molar refractivity (Wildman–Crippen MR) is 94.9 cm³/mol. The molecule has 5 nitrogen and oxygen atoms in total. The van der Waals surface area contributed by atoms with Crippen LogP contribution in [0.5, 0.6) is 0 Å². The summed E-state index contributed by atoms with van der Waals surface area (Å²) >= 11 is 0. The van der Waals surface area contributed by atoms with Gasteiger partial charge in [0, 0.05) is 13.1 Å². The molecule has 25 heavy (non-hydrogen) atoms. The standard InChI is InChI=1S/C19H21NO4S/c1-20(18-9-5-7-14-6-3-4-8-17(14)18)25(22,23)16-12-10-15(11-13-16)19(21)24-2/h3-4,6,8,10-13,18H,5,7,9H2,1-2H3. The zero-order chi connectivity index (χ0) is 18.0. The van der Waals surface area contributed by atoms with E-state index in [-0.39, 0.29) is 10.9 Å². The number of rotatable bonds is 4. The number of fused-ring (bicyclic) bond motifs is 1. The Hall–Kier alpha value is -2.18. The summed E-state index contributed by atoms with van der Waals surface area (Å²) in [6, 6.07) is 13.7. The van der Waals surface area contributed by atoms with Crippen molar-refractivity contribution < 1.29 is 17.9 Å². The monoisotopic (exact) mass is 359 g/mol. The van der Waals surface area contributed by atoms with Crippen molar-refractivity contribution in [2.75, 3.05) is 14.2 Å². The Balaban J connectivity index is 1.91. The van der Waals surface area contributed by atoms with E-state index in [1.54, 1.807) is 7.05 Å². The second-order valence-corrected chi connectivity index (χ2v) is 8.14. The van der Waals surface area contributed by atoms with Crippen molar-refractivity contribution >= 4 is 16.0 Å². The van der Waals surface area contributed by atoms with Crippen molar-refractivity contribution in [3.63, 3.8) is 0 Å². The number of nitrogens with zero attached hydrogens (tertiary/aromatic N) is 1. The van der Waals surface area contributed by atoms with Crippen LogP contribution >= 0.6 is 0 Å². The summed E-state index contributed by atoms with van der Waals surface area (Å²) in [6.45, 7) is 0. The van der Waals surface area contributed by atoms with Gasteiger partial charge in [0.05, 0.1) is 17.6 Å². The van der Waals surface area contributed by atoms with Crippen LogP contribution in [0.3, 0.4) is 0 Å². The van der Waals surface area contributed by atoms with E-state index in [9.17, 15) is 13.2 Å². The Morgan fingerprint density at radius 3 is 2.48 bits per heavy atom. The van der Waals surface area contributed by atoms with Gasteiger partial charge >= 0.3 is 5.97 Å². The minimum absolute atomic E-state index is 0.171. The molecule has 0 bridgehead atoms. The molecule has 0 heterocycles. The molecule has 0 saturated heterocycles. The molecular weight excluding hydrogens is 338 g/mol. The van der Waals surface area contributed by atoms with Crippen molar-refractivity contribution in [3.05, 3.63) is 65.2 Å². The number of ether oxygens (including phenoxy) is 1. The Morgan fingerprint density at radius 1 is 1.12 bits per heavy atom. The zero-order valence-electron chi connectivity index (χ0n) is 14.3. The third kappa shape index (κ3) is 3.32. The van der Waals surface area contributed by atoms with Crippen LogP contribution in [0.4, 0.5) is 0 Å². The highest BCUT2D eigenvalue weighted by molar-refractivity contribution is 7.89. The van der Waals surface area contributed by atoms with Gasteiger partial charge in [0.15, 0.2) is 0 Å². The number of methoxy groups -OCH3 is 1. The average molecular weight is 359 g/mol. The molecule has 0 radical (unpaired) electrons. The van der Waals surface area contributed by atoms with Gasteiger partial charge < -0.3 is 4.74 Å². The molecule has 0 amide bonds. The molecule has 0 aromatic heterocycles. The lowest BCUT2D eigenvalue weighted by atomic mass is 9.88. The molecule has 2 aromatic rings. The Kier molecular flexibility index (Phi) is 4.92. The van der Waals surface area contributed by atoms with E-state index in [0.29, 0.717) is 5.56 Å². The number of benzene rings is 2. The third-order valence-electron chi connectivity index (χ3n) is 4.73. The molecule has 0 aliphatic heterocycles. The quantitative estimate of drug-likeness (QED) is 0.787. The molecule has 1 atom stereocenters. The zero-order valence-corrected chi connectivity index (χ0v) is 15.1. The van der Waals surface area contributed by atoms with Crippen LogP contribution in [-0.4, -0.2) is 32.8 Å². The summed E-state index contributed by atoms with van der Waals surface area (Å²) in [5.41, 5.74) is 2.61. The van der Waals surface area contributed by atoms with Crippen LogP contribution in [-0.2, 0) is 21.2 Å². The first-order chi connectivity index (χ1) is 11.9. The molecule has 1 aliphatic carbocycles. The van der Waals surface area contributed by atoms with Gasteiger partial charge in [-0.25, -0.2) is 13.2 Å². The summed E-state index contributed by atoms with van der Waals surface area (Å²) in [7, 11) is -0.735. The molecule has 6 heteroatoms. The predicted octanol–water partition coefficient (Wildman–Crippen LogP) is 3.17. The lowest BCUT2D eigenvalue weighted by Crippen LogP contribution is -2.33. The van der Waals surface area contributed by atoms with E-state index in [1.807, 2.05) is 18.2 Å². The fraction of sp³-hybridized carbons (Fsp3) is 0.316. The average Bonchev–Trinajstić information content (AvgIpc) is 2.66. The van der Waals surface area contributed by atoms with Crippen LogP contribution in [0.1, 0.15) is 40.4 Å². The van der Waals surface area contributed by atoms with Gasteiger partial charge in [-0.1, -0.05) is 24.3 Å². The third-order valence-corrected chi connectivity index (χ3v) is 6.61. The summed E-state index contributed by atoms with van der Waals surface area (Å²) in [5, 5.41) is 0. The van der Waals surface area contributed by atoms with E-state index in [2.05, 4.69) is 10.8 Å². The van der Waals surface area contributed by atoms with Crippen LogP contribution < -0.4 is 0 Å². The van der Waals surface area contributed by atoms with Crippen molar-refractivity contribution in [1.82, 2.24) is 4.31 Å². The highest BCUT2D eigenvalue weighted by Gasteiger charge is 2.32. The normalized spacial score (nSPS) is 17.2. The maximum Gasteiger partial charge on any atom is 0.337 e. The Morgan fingerprint density at radius 2 is 1.80 bits per heavy atom. The first kappa shape index (κ1) is 17.6. The van der Waals surface area contributed by atoms with Crippen LogP contribution in [0, 0.1) is 0 Å². The molecule has 3 rings (SSSR count). The molecule has 0 spiro atoms. The van der Waals surface area contributed by atoms with E-state index >= 15 is 0 Å². The summed E-state index contributed by atoms with van der Waals surface area (Å²) in [6.07, 6.45) is 2.74. The number of esters is 1. The van der Waals surface area contributed by atoms with Gasteiger partial charge in [0.25, 0.3) is 0 Å². The molecule has 1 unspecified atom stereocenters. The lowest BCUT2D eigenvalue weighted by Gasteiger charge is -2.32. The van der Waals surface area contributed by atoms with Crippen LogP contribution in [0.15, 0.2) is 53.4 Å². The summed E-state index contributed by atoms with van der Waals surface area (Å²) < 4.78 is 32.1. The van der Waals surface area contributed by atoms with Crippen molar-refractivity contribution in [2.24, 2.45) is 0 Å². The summed E-state index contributed by atoms with van der Waals surface area (Å²) in [4.78, 5) is 11.7. The Labute approximate surface area is 148 Å². The van der Waals surface area contributed by atoms with Gasteiger partial charge in [0.2, 0.25) is 10.0 Å². The molecule has 132 valence electrons. The minimum atomic E-state index is -3.65. The van der Waals surface area contributed by atoms with E-state index < -0.39 is 16.0 Å². The number of hydrogen-bond acceptors (Lipinski definition) is 4. The molecular formula is C19H21NO4S. The second-order valence-electron chi connectivity index (χ2n) is 6.14. The summed E-state index contributed by atoms with van der Waals surface area (Å²) in [5.74, 6) is -0.487. The maximum absolute atomic E-state index is 13.0. The first-order valence-corrected chi connectivity index (χ1v) is 9.63. The molecule has 2 aromatic carbocycles. The number of carbonyl (C=O) groups excluding carboxylic acids is 1. The van der Waals surface area contributed by atoms with E-state index in [4.69, 9.17) is 0 Å². The van der Waals surface area contributed by atoms with Gasteiger partial charge in [-0.05, 0) is 54.7 Å². The highest BCUT2D eigenvalue weighted by Crippen LogP contribution is 2.36. The van der Waals surface area contributed by atoms with Gasteiger partial charge in [-0.15, -0.1) is 0 Å². The highest BCUT2D eigenvalue weighted by atomic mass is 32.2. The molecule has 1 aliphatic rings. The second kappa shape index (κ2) is 6.98. The van der Waals surface area contributed by atoms with E-state index in [0.717, 1.165) is 24.8 Å². The van der Waals surface area contributed by atoms with Gasteiger partial charge in [0.1, 0.15) is 0 Å². The lowest BCUT2D eigenvalue weighted by molar-refractivity contribution is 0.0600. The maximum atomic E-state index is 13.0. The van der Waals surface area contributed by atoms with Crippen molar-refractivity contribution in [1.29, 1.82) is 0 Å². The molecule has 0 fully saturated rings. The smallest absolute Gasteiger partial charge is 0.337 e. The first-order valence-electron chi connectivity index (χ1n) is 8.19. The van der Waals surface area contributed by atoms with Crippen LogP contribution in [0.2, 0.25) is 0 Å². The topological polar surface area (TPSA) is 63.7 Å². The number of sulfonamides is 1. The molecule has 0 N–H and O–H groups in total. The largest absolute Gasteiger partial charge is 0.465 e. The van der Waals surface area contributed by atoms with E-state index in [1.165, 1.54) is 41.2 Å².